The Hall–Kier alpha value is -4.50. The molecule has 0 spiro atoms. The van der Waals surface area contributed by atoms with E-state index in [1.165, 1.54) is 0 Å². The van der Waals surface area contributed by atoms with E-state index in [9.17, 15) is 0 Å². The molecule has 1 aliphatic heterocycles. The number of nitrogens with one attached hydrogen (secondary N) is 1. The number of benzene rings is 3. The molecule has 37 heavy (non-hydrogen) atoms. The number of hydrazone groups is 1. The summed E-state index contributed by atoms with van der Waals surface area (Å²) in [5, 5.41) is 4.42. The number of para-hydroxylation sites is 2. The summed E-state index contributed by atoms with van der Waals surface area (Å²) in [6, 6.07) is 28.3. The van der Waals surface area contributed by atoms with E-state index in [1.54, 1.807) is 6.21 Å². The summed E-state index contributed by atoms with van der Waals surface area (Å²) in [5.74, 6) is 1.45. The highest BCUT2D eigenvalue weighted by atomic mass is 16.5. The standard InChI is InChI=1S/C28H30N8O/c1-34(2)23-15-13-22(14-16-23)21-29-33-26-30-27(35-17-19-37-20-18-35)32-28(31-26)36(24-9-5-3-6-10-24)25-11-7-4-8-12-25/h3-16,21H,17-20H2,1-2H3,(H,30,31,32,33). The van der Waals surface area contributed by atoms with Crippen molar-refractivity contribution < 1.29 is 4.74 Å². The van der Waals surface area contributed by atoms with Crippen molar-refractivity contribution in [1.82, 2.24) is 15.0 Å². The molecular weight excluding hydrogens is 464 g/mol. The summed E-state index contributed by atoms with van der Waals surface area (Å²) in [6.07, 6.45) is 1.75. The van der Waals surface area contributed by atoms with Crippen LogP contribution in [0, 0.1) is 0 Å². The van der Waals surface area contributed by atoms with Crippen molar-refractivity contribution in [2.75, 3.05) is 60.5 Å². The van der Waals surface area contributed by atoms with Gasteiger partial charge in [0.25, 0.3) is 0 Å². The van der Waals surface area contributed by atoms with Crippen molar-refractivity contribution in [1.29, 1.82) is 0 Å². The van der Waals surface area contributed by atoms with Gasteiger partial charge in [-0.05, 0) is 42.0 Å². The predicted octanol–water partition coefficient (Wildman–Crippen LogP) is 4.69. The molecule has 0 unspecified atom stereocenters. The quantitative estimate of drug-likeness (QED) is 0.279. The van der Waals surface area contributed by atoms with Crippen molar-refractivity contribution in [3.8, 4) is 0 Å². The summed E-state index contributed by atoms with van der Waals surface area (Å²) < 4.78 is 5.54. The van der Waals surface area contributed by atoms with Gasteiger partial charge in [-0.15, -0.1) is 0 Å². The molecule has 5 rings (SSSR count). The first-order valence-corrected chi connectivity index (χ1v) is 12.2. The van der Waals surface area contributed by atoms with E-state index in [-0.39, 0.29) is 0 Å². The second-order valence-electron chi connectivity index (χ2n) is 8.72. The van der Waals surface area contributed by atoms with Crippen LogP contribution in [0.4, 0.5) is 34.9 Å². The molecule has 4 aromatic rings. The van der Waals surface area contributed by atoms with E-state index < -0.39 is 0 Å². The van der Waals surface area contributed by atoms with Gasteiger partial charge in [-0.2, -0.15) is 20.1 Å². The molecule has 0 saturated carbocycles. The van der Waals surface area contributed by atoms with E-state index >= 15 is 0 Å². The molecule has 0 bridgehead atoms. The summed E-state index contributed by atoms with van der Waals surface area (Å²) in [6.45, 7) is 2.68. The SMILES string of the molecule is CN(C)c1ccc(C=NNc2nc(N3CCOCC3)nc(N(c3ccccc3)c3ccccc3)n2)cc1. The third kappa shape index (κ3) is 6.02. The Labute approximate surface area is 217 Å². The van der Waals surface area contributed by atoms with Gasteiger partial charge in [-0.3, -0.25) is 4.90 Å². The van der Waals surface area contributed by atoms with Gasteiger partial charge in [-0.1, -0.05) is 48.5 Å². The number of anilines is 6. The highest BCUT2D eigenvalue weighted by Gasteiger charge is 2.21. The molecule has 188 valence electrons. The predicted molar refractivity (Wildman–Crippen MR) is 150 cm³/mol. The maximum atomic E-state index is 5.54. The Kier molecular flexibility index (Phi) is 7.52. The van der Waals surface area contributed by atoms with Crippen LogP contribution in [0.1, 0.15) is 5.56 Å². The number of hydrogen-bond acceptors (Lipinski definition) is 9. The fraction of sp³-hybridized carbons (Fsp3) is 0.214. The Morgan fingerprint density at radius 1 is 0.784 bits per heavy atom. The summed E-state index contributed by atoms with van der Waals surface area (Å²) in [4.78, 5) is 20.5. The number of nitrogens with zero attached hydrogens (tertiary/aromatic N) is 7. The average molecular weight is 495 g/mol. The Morgan fingerprint density at radius 3 is 2.00 bits per heavy atom. The van der Waals surface area contributed by atoms with Crippen LogP contribution in [0.2, 0.25) is 0 Å². The lowest BCUT2D eigenvalue weighted by atomic mass is 10.2. The van der Waals surface area contributed by atoms with E-state index in [1.807, 2.05) is 91.8 Å². The van der Waals surface area contributed by atoms with Gasteiger partial charge in [0.05, 0.1) is 19.4 Å². The van der Waals surface area contributed by atoms with Gasteiger partial charge in [0.1, 0.15) is 0 Å². The van der Waals surface area contributed by atoms with Crippen molar-refractivity contribution in [2.45, 2.75) is 0 Å². The molecule has 0 aliphatic carbocycles. The van der Waals surface area contributed by atoms with Gasteiger partial charge < -0.3 is 14.5 Å². The Morgan fingerprint density at radius 2 is 1.41 bits per heavy atom. The molecule has 1 aromatic heterocycles. The maximum Gasteiger partial charge on any atom is 0.250 e. The first kappa shape index (κ1) is 24.2. The zero-order valence-electron chi connectivity index (χ0n) is 21.0. The molecule has 1 aliphatic rings. The van der Waals surface area contributed by atoms with Crippen molar-refractivity contribution in [3.05, 3.63) is 90.5 Å². The van der Waals surface area contributed by atoms with E-state index in [4.69, 9.17) is 14.7 Å². The molecule has 1 fully saturated rings. The van der Waals surface area contributed by atoms with Crippen LogP contribution in [0.5, 0.6) is 0 Å². The van der Waals surface area contributed by atoms with Gasteiger partial charge in [0, 0.05) is 44.2 Å². The average Bonchev–Trinajstić information content (AvgIpc) is 2.95. The highest BCUT2D eigenvalue weighted by Crippen LogP contribution is 2.33. The van der Waals surface area contributed by atoms with Gasteiger partial charge in [0.2, 0.25) is 17.8 Å². The van der Waals surface area contributed by atoms with E-state index in [2.05, 4.69) is 37.4 Å². The van der Waals surface area contributed by atoms with Gasteiger partial charge in [-0.25, -0.2) is 5.43 Å². The van der Waals surface area contributed by atoms with Gasteiger partial charge >= 0.3 is 0 Å². The molecule has 0 amide bonds. The minimum Gasteiger partial charge on any atom is -0.378 e. The Balaban J connectivity index is 1.50. The fourth-order valence-corrected chi connectivity index (χ4v) is 3.97. The van der Waals surface area contributed by atoms with Crippen molar-refractivity contribution in [3.63, 3.8) is 0 Å². The minimum absolute atomic E-state index is 0.365. The molecule has 9 heteroatoms. The molecule has 9 nitrogen and oxygen atoms in total. The monoisotopic (exact) mass is 494 g/mol. The van der Waals surface area contributed by atoms with Crippen LogP contribution < -0.4 is 20.1 Å². The normalized spacial score (nSPS) is 13.5. The lowest BCUT2D eigenvalue weighted by molar-refractivity contribution is 0.122. The number of aromatic nitrogens is 3. The number of morpholine rings is 1. The van der Waals surface area contributed by atoms with Crippen LogP contribution in [0.15, 0.2) is 90.0 Å². The fourth-order valence-electron chi connectivity index (χ4n) is 3.97. The van der Waals surface area contributed by atoms with E-state index in [0.29, 0.717) is 44.1 Å². The summed E-state index contributed by atoms with van der Waals surface area (Å²) in [5.41, 5.74) is 7.01. The highest BCUT2D eigenvalue weighted by molar-refractivity contribution is 5.81. The first-order valence-electron chi connectivity index (χ1n) is 12.2. The number of ether oxygens (including phenoxy) is 1. The lowest BCUT2D eigenvalue weighted by Gasteiger charge is -2.28. The molecule has 1 saturated heterocycles. The molecule has 2 heterocycles. The topological polar surface area (TPSA) is 82.0 Å². The summed E-state index contributed by atoms with van der Waals surface area (Å²) >= 11 is 0. The number of hydrogen-bond donors (Lipinski definition) is 1. The molecule has 0 radical (unpaired) electrons. The molecule has 0 atom stereocenters. The Bertz CT molecular complexity index is 1270. The smallest absolute Gasteiger partial charge is 0.250 e. The summed E-state index contributed by atoms with van der Waals surface area (Å²) in [7, 11) is 4.03. The first-order chi connectivity index (χ1) is 18.2. The third-order valence-electron chi connectivity index (χ3n) is 5.92. The van der Waals surface area contributed by atoms with Crippen LogP contribution in [-0.4, -0.2) is 61.6 Å². The van der Waals surface area contributed by atoms with Crippen LogP contribution in [0.25, 0.3) is 0 Å². The minimum atomic E-state index is 0.365. The lowest BCUT2D eigenvalue weighted by Crippen LogP contribution is -2.37. The van der Waals surface area contributed by atoms with E-state index in [0.717, 1.165) is 22.6 Å². The zero-order chi connectivity index (χ0) is 25.5. The third-order valence-corrected chi connectivity index (χ3v) is 5.92. The molecule has 1 N–H and O–H groups in total. The zero-order valence-corrected chi connectivity index (χ0v) is 21.0. The number of rotatable bonds is 8. The molecule has 3 aromatic carbocycles. The van der Waals surface area contributed by atoms with Crippen LogP contribution >= 0.6 is 0 Å². The molecular formula is C28H30N8O. The maximum absolute atomic E-state index is 5.54. The van der Waals surface area contributed by atoms with Crippen molar-refractivity contribution >= 4 is 41.1 Å². The van der Waals surface area contributed by atoms with Crippen LogP contribution in [-0.2, 0) is 4.74 Å². The van der Waals surface area contributed by atoms with Crippen molar-refractivity contribution in [2.24, 2.45) is 5.10 Å². The second kappa shape index (κ2) is 11.5. The van der Waals surface area contributed by atoms with Gasteiger partial charge in [0.15, 0.2) is 0 Å². The second-order valence-corrected chi connectivity index (χ2v) is 8.72. The largest absolute Gasteiger partial charge is 0.378 e. The van der Waals surface area contributed by atoms with Crippen LogP contribution in [0.3, 0.4) is 0 Å².